The van der Waals surface area contributed by atoms with Crippen LogP contribution in [0, 0.1) is 11.8 Å². The first-order chi connectivity index (χ1) is 8.06. The number of methoxy groups -OCH3 is 1. The van der Waals surface area contributed by atoms with Crippen LogP contribution in [0.5, 0.6) is 0 Å². The highest BCUT2D eigenvalue weighted by molar-refractivity contribution is 5.85. The Morgan fingerprint density at radius 1 is 1.59 bits per heavy atom. The van der Waals surface area contributed by atoms with Crippen LogP contribution in [-0.4, -0.2) is 50.0 Å². The van der Waals surface area contributed by atoms with E-state index in [1.807, 2.05) is 6.92 Å². The van der Waals surface area contributed by atoms with Gasteiger partial charge in [0.1, 0.15) is 0 Å². The molecular formula is C11H19NO5. The first-order valence-electron chi connectivity index (χ1n) is 5.66. The smallest absolute Gasteiger partial charge is 0.328 e. The van der Waals surface area contributed by atoms with Crippen molar-refractivity contribution in [3.63, 3.8) is 0 Å². The van der Waals surface area contributed by atoms with Crippen molar-refractivity contribution in [1.82, 2.24) is 5.32 Å². The average molecular weight is 245 g/mol. The van der Waals surface area contributed by atoms with Gasteiger partial charge in [-0.3, -0.25) is 4.79 Å². The number of ether oxygens (including phenoxy) is 2. The quantitative estimate of drug-likeness (QED) is 0.705. The topological polar surface area (TPSA) is 84.9 Å². The fourth-order valence-electron chi connectivity index (χ4n) is 1.89. The Kier molecular flexibility index (Phi) is 5.37. The molecule has 0 aliphatic carbocycles. The third-order valence-corrected chi connectivity index (χ3v) is 2.93. The molecule has 17 heavy (non-hydrogen) atoms. The lowest BCUT2D eigenvalue weighted by Gasteiger charge is -2.28. The number of aliphatic carboxylic acids is 1. The van der Waals surface area contributed by atoms with Crippen molar-refractivity contribution in [3.8, 4) is 0 Å². The van der Waals surface area contributed by atoms with Crippen molar-refractivity contribution in [3.05, 3.63) is 0 Å². The van der Waals surface area contributed by atoms with E-state index in [2.05, 4.69) is 5.32 Å². The molecule has 1 amide bonds. The molecule has 0 bridgehead atoms. The lowest BCUT2D eigenvalue weighted by Crippen LogP contribution is -2.48. The summed E-state index contributed by atoms with van der Waals surface area (Å²) in [5, 5.41) is 11.4. The van der Waals surface area contributed by atoms with Gasteiger partial charge in [0.25, 0.3) is 0 Å². The summed E-state index contributed by atoms with van der Waals surface area (Å²) in [6, 6.07) is -0.984. The number of nitrogens with one attached hydrogen (secondary N) is 1. The second-order valence-corrected chi connectivity index (χ2v) is 4.30. The first kappa shape index (κ1) is 13.9. The Balaban J connectivity index is 2.53. The molecule has 0 spiro atoms. The maximum atomic E-state index is 11.9. The largest absolute Gasteiger partial charge is 0.480 e. The van der Waals surface area contributed by atoms with Crippen LogP contribution in [0.15, 0.2) is 0 Å². The monoisotopic (exact) mass is 245 g/mol. The van der Waals surface area contributed by atoms with E-state index in [1.54, 1.807) is 0 Å². The molecule has 2 N–H and O–H groups in total. The van der Waals surface area contributed by atoms with E-state index in [4.69, 9.17) is 14.6 Å². The normalized spacial score (nSPS) is 26.2. The van der Waals surface area contributed by atoms with E-state index in [-0.39, 0.29) is 24.3 Å². The molecule has 6 nitrogen and oxygen atoms in total. The Morgan fingerprint density at radius 2 is 2.29 bits per heavy atom. The van der Waals surface area contributed by atoms with Crippen molar-refractivity contribution in [2.45, 2.75) is 19.4 Å². The summed E-state index contributed by atoms with van der Waals surface area (Å²) in [5.41, 5.74) is 0. The van der Waals surface area contributed by atoms with Gasteiger partial charge in [0.05, 0.1) is 6.61 Å². The average Bonchev–Trinajstić information content (AvgIpc) is 2.28. The van der Waals surface area contributed by atoms with E-state index in [1.165, 1.54) is 7.11 Å². The van der Waals surface area contributed by atoms with Crippen LogP contribution < -0.4 is 5.32 Å². The maximum Gasteiger partial charge on any atom is 0.328 e. The van der Waals surface area contributed by atoms with Gasteiger partial charge in [-0.2, -0.15) is 0 Å². The molecule has 0 aromatic rings. The highest BCUT2D eigenvalue weighted by Crippen LogP contribution is 2.21. The van der Waals surface area contributed by atoms with Gasteiger partial charge in [0, 0.05) is 26.2 Å². The summed E-state index contributed by atoms with van der Waals surface area (Å²) in [6.07, 6.45) is 0.631. The van der Waals surface area contributed by atoms with Gasteiger partial charge in [0.15, 0.2) is 6.04 Å². The molecule has 0 saturated carbocycles. The van der Waals surface area contributed by atoms with Crippen LogP contribution in [0.25, 0.3) is 0 Å². The summed E-state index contributed by atoms with van der Waals surface area (Å²) >= 11 is 0. The number of hydrogen-bond donors (Lipinski definition) is 2. The molecule has 1 rings (SSSR count). The van der Waals surface area contributed by atoms with E-state index < -0.39 is 12.0 Å². The van der Waals surface area contributed by atoms with Crippen molar-refractivity contribution >= 4 is 11.9 Å². The SMILES string of the molecule is COCC(NC(=O)C1CCOCC1C)C(=O)O. The molecule has 1 aliphatic rings. The molecule has 1 fully saturated rings. The van der Waals surface area contributed by atoms with Gasteiger partial charge in [0.2, 0.25) is 5.91 Å². The third kappa shape index (κ3) is 3.98. The van der Waals surface area contributed by atoms with Crippen LogP contribution in [-0.2, 0) is 19.1 Å². The van der Waals surface area contributed by atoms with E-state index >= 15 is 0 Å². The van der Waals surface area contributed by atoms with Crippen molar-refractivity contribution in [2.75, 3.05) is 26.9 Å². The minimum atomic E-state index is -1.08. The van der Waals surface area contributed by atoms with E-state index in [9.17, 15) is 9.59 Å². The number of amides is 1. The Labute approximate surface area is 100 Å². The number of hydrogen-bond acceptors (Lipinski definition) is 4. The molecule has 1 saturated heterocycles. The summed E-state index contributed by atoms with van der Waals surface area (Å²) < 4.78 is 10.0. The molecule has 3 atom stereocenters. The van der Waals surface area contributed by atoms with Crippen molar-refractivity contribution in [1.29, 1.82) is 0 Å². The molecule has 0 aromatic heterocycles. The third-order valence-electron chi connectivity index (χ3n) is 2.93. The highest BCUT2D eigenvalue weighted by atomic mass is 16.5. The van der Waals surface area contributed by atoms with Gasteiger partial charge in [-0.15, -0.1) is 0 Å². The molecule has 0 aromatic carbocycles. The van der Waals surface area contributed by atoms with Crippen LogP contribution in [0.3, 0.4) is 0 Å². The maximum absolute atomic E-state index is 11.9. The van der Waals surface area contributed by atoms with Crippen LogP contribution >= 0.6 is 0 Å². The molecule has 1 heterocycles. The highest BCUT2D eigenvalue weighted by Gasteiger charge is 2.31. The summed E-state index contributed by atoms with van der Waals surface area (Å²) in [6.45, 7) is 2.98. The number of carbonyl (C=O) groups is 2. The molecule has 3 unspecified atom stereocenters. The predicted octanol–water partition coefficient (Wildman–Crippen LogP) is -0.125. The molecule has 98 valence electrons. The van der Waals surface area contributed by atoms with Crippen LogP contribution in [0.1, 0.15) is 13.3 Å². The molecule has 0 radical (unpaired) electrons. The minimum absolute atomic E-state index is 0.0291. The van der Waals surface area contributed by atoms with Crippen LogP contribution in [0.2, 0.25) is 0 Å². The zero-order valence-electron chi connectivity index (χ0n) is 10.1. The lowest BCUT2D eigenvalue weighted by molar-refractivity contribution is -0.145. The van der Waals surface area contributed by atoms with Gasteiger partial charge < -0.3 is 19.9 Å². The Bertz CT molecular complexity index is 281. The number of rotatable bonds is 5. The number of carboxylic acids is 1. The van der Waals surface area contributed by atoms with Crippen molar-refractivity contribution < 1.29 is 24.2 Å². The summed E-state index contributed by atoms with van der Waals surface area (Å²) in [4.78, 5) is 22.8. The van der Waals surface area contributed by atoms with Gasteiger partial charge >= 0.3 is 5.97 Å². The van der Waals surface area contributed by atoms with Crippen LogP contribution in [0.4, 0.5) is 0 Å². The second kappa shape index (κ2) is 6.56. The van der Waals surface area contributed by atoms with Gasteiger partial charge in [-0.25, -0.2) is 4.79 Å². The summed E-state index contributed by atoms with van der Waals surface area (Å²) in [5.74, 6) is -1.38. The van der Waals surface area contributed by atoms with E-state index in [0.717, 1.165) is 0 Å². The molecule has 6 heteroatoms. The molecular weight excluding hydrogens is 226 g/mol. The van der Waals surface area contributed by atoms with Gasteiger partial charge in [-0.05, 0) is 12.3 Å². The lowest BCUT2D eigenvalue weighted by atomic mass is 9.89. The first-order valence-corrected chi connectivity index (χ1v) is 5.66. The molecule has 1 aliphatic heterocycles. The number of carboxylic acid groups (broad SMARTS) is 1. The fourth-order valence-corrected chi connectivity index (χ4v) is 1.89. The van der Waals surface area contributed by atoms with E-state index in [0.29, 0.717) is 19.6 Å². The van der Waals surface area contributed by atoms with Gasteiger partial charge in [-0.1, -0.05) is 6.92 Å². The Hall–Kier alpha value is -1.14. The fraction of sp³-hybridized carbons (Fsp3) is 0.818. The van der Waals surface area contributed by atoms with Crippen molar-refractivity contribution in [2.24, 2.45) is 11.8 Å². The minimum Gasteiger partial charge on any atom is -0.480 e. The second-order valence-electron chi connectivity index (χ2n) is 4.30. The summed E-state index contributed by atoms with van der Waals surface area (Å²) in [7, 11) is 1.40. The Morgan fingerprint density at radius 3 is 2.82 bits per heavy atom. The zero-order chi connectivity index (χ0) is 12.8. The number of carbonyl (C=O) groups excluding carboxylic acids is 1. The standard InChI is InChI=1S/C11H19NO5/c1-7-5-17-4-3-8(7)10(13)12-9(6-16-2)11(14)15/h7-9H,3-6H2,1-2H3,(H,12,13)(H,14,15). The zero-order valence-corrected chi connectivity index (χ0v) is 10.1. The predicted molar refractivity (Wildman–Crippen MR) is 59.5 cm³/mol.